The maximum atomic E-state index is 12.2. The number of hydrogen-bond donors (Lipinski definition) is 3. The molecule has 0 radical (unpaired) electrons. The van der Waals surface area contributed by atoms with Crippen LogP contribution in [-0.2, 0) is 4.79 Å². The summed E-state index contributed by atoms with van der Waals surface area (Å²) < 4.78 is 0.482. The van der Waals surface area contributed by atoms with Gasteiger partial charge in [0.15, 0.2) is 0 Å². The number of carbonyl (C=O) groups excluding carboxylic acids is 1. The fourth-order valence-corrected chi connectivity index (χ4v) is 2.31. The Kier molecular flexibility index (Phi) is 4.72. The summed E-state index contributed by atoms with van der Waals surface area (Å²) in [5.74, 6) is -1.60. The Bertz CT molecular complexity index is 674. The van der Waals surface area contributed by atoms with E-state index in [1.54, 1.807) is 36.4 Å². The Morgan fingerprint density at radius 2 is 1.76 bits per heavy atom. The predicted molar refractivity (Wildman–Crippen MR) is 83.1 cm³/mol. The highest BCUT2D eigenvalue weighted by Gasteiger charge is 2.20. The number of carbonyl (C=O) groups is 2. The van der Waals surface area contributed by atoms with E-state index >= 15 is 0 Å². The van der Waals surface area contributed by atoms with Crippen LogP contribution >= 0.6 is 15.9 Å². The van der Waals surface area contributed by atoms with E-state index in [0.29, 0.717) is 10.0 Å². The number of nitrogens with two attached hydrogens (primary N) is 1. The third-order valence-electron chi connectivity index (χ3n) is 2.93. The van der Waals surface area contributed by atoms with E-state index in [9.17, 15) is 9.59 Å². The minimum atomic E-state index is -1.13. The van der Waals surface area contributed by atoms with Crippen molar-refractivity contribution in [3.05, 3.63) is 64.1 Å². The summed E-state index contributed by atoms with van der Waals surface area (Å²) in [6.45, 7) is 0. The molecule has 2 rings (SSSR count). The number of carboxylic acid groups (broad SMARTS) is 1. The number of carboxylic acids is 1. The Morgan fingerprint density at radius 3 is 2.38 bits per heavy atom. The average molecular weight is 349 g/mol. The summed E-state index contributed by atoms with van der Waals surface area (Å²) >= 11 is 3.23. The van der Waals surface area contributed by atoms with Gasteiger partial charge >= 0.3 is 5.97 Å². The van der Waals surface area contributed by atoms with Crippen LogP contribution in [0.5, 0.6) is 0 Å². The largest absolute Gasteiger partial charge is 0.478 e. The molecule has 6 heteroatoms. The normalized spacial score (nSPS) is 11.7. The van der Waals surface area contributed by atoms with E-state index in [1.165, 1.54) is 6.07 Å². The summed E-state index contributed by atoms with van der Waals surface area (Å²) in [6.07, 6.45) is 0. The summed E-state index contributed by atoms with van der Waals surface area (Å²) in [5, 5.41) is 11.7. The number of halogens is 1. The SMILES string of the molecule is NC(C(=O)Nc1c(Br)cccc1C(=O)O)c1ccccc1. The number of nitrogens with one attached hydrogen (secondary N) is 1. The molecule has 1 amide bonds. The van der Waals surface area contributed by atoms with Gasteiger partial charge in [-0.15, -0.1) is 0 Å². The Morgan fingerprint density at radius 1 is 1.10 bits per heavy atom. The van der Waals surface area contributed by atoms with Gasteiger partial charge in [-0.1, -0.05) is 36.4 Å². The van der Waals surface area contributed by atoms with Crippen molar-refractivity contribution < 1.29 is 14.7 Å². The number of para-hydroxylation sites is 1. The number of amides is 1. The van der Waals surface area contributed by atoms with Crippen LogP contribution in [0, 0.1) is 0 Å². The van der Waals surface area contributed by atoms with Crippen LogP contribution in [-0.4, -0.2) is 17.0 Å². The van der Waals surface area contributed by atoms with E-state index < -0.39 is 17.9 Å². The van der Waals surface area contributed by atoms with E-state index in [-0.39, 0.29) is 11.3 Å². The lowest BCUT2D eigenvalue weighted by Crippen LogP contribution is -2.28. The van der Waals surface area contributed by atoms with Crippen molar-refractivity contribution in [3.63, 3.8) is 0 Å². The predicted octanol–water partition coefficient (Wildman–Crippen LogP) is 2.79. The average Bonchev–Trinajstić information content (AvgIpc) is 2.49. The molecule has 0 bridgehead atoms. The zero-order valence-corrected chi connectivity index (χ0v) is 12.5. The molecule has 1 unspecified atom stereocenters. The van der Waals surface area contributed by atoms with Crippen molar-refractivity contribution in [1.82, 2.24) is 0 Å². The monoisotopic (exact) mass is 348 g/mol. The minimum absolute atomic E-state index is 0.00186. The molecule has 0 saturated heterocycles. The summed E-state index contributed by atoms with van der Waals surface area (Å²) in [5.41, 5.74) is 6.73. The van der Waals surface area contributed by atoms with Crippen LogP contribution in [0.3, 0.4) is 0 Å². The van der Waals surface area contributed by atoms with Gasteiger partial charge in [0.05, 0.1) is 11.3 Å². The van der Waals surface area contributed by atoms with Crippen LogP contribution in [0.2, 0.25) is 0 Å². The molecule has 2 aromatic carbocycles. The van der Waals surface area contributed by atoms with Crippen molar-refractivity contribution in [2.75, 3.05) is 5.32 Å². The zero-order chi connectivity index (χ0) is 15.4. The highest BCUT2D eigenvalue weighted by Crippen LogP contribution is 2.27. The molecule has 0 heterocycles. The number of aromatic carboxylic acids is 1. The molecule has 5 nitrogen and oxygen atoms in total. The smallest absolute Gasteiger partial charge is 0.337 e. The van der Waals surface area contributed by atoms with Gasteiger partial charge in [-0.05, 0) is 33.6 Å². The molecule has 0 aliphatic rings. The summed E-state index contributed by atoms with van der Waals surface area (Å²) in [7, 11) is 0. The third kappa shape index (κ3) is 3.48. The Hall–Kier alpha value is -2.18. The summed E-state index contributed by atoms with van der Waals surface area (Å²) in [4.78, 5) is 23.4. The Balaban J connectivity index is 2.26. The molecular weight excluding hydrogens is 336 g/mol. The van der Waals surface area contributed by atoms with Crippen molar-refractivity contribution in [1.29, 1.82) is 0 Å². The molecule has 108 valence electrons. The second-order valence-electron chi connectivity index (χ2n) is 4.35. The van der Waals surface area contributed by atoms with Crippen molar-refractivity contribution >= 4 is 33.5 Å². The first-order valence-corrected chi connectivity index (χ1v) is 6.93. The van der Waals surface area contributed by atoms with Crippen molar-refractivity contribution in [3.8, 4) is 0 Å². The quantitative estimate of drug-likeness (QED) is 0.791. The van der Waals surface area contributed by atoms with Gasteiger partial charge in [0.25, 0.3) is 0 Å². The fraction of sp³-hybridized carbons (Fsp3) is 0.0667. The first kappa shape index (κ1) is 15.2. The van der Waals surface area contributed by atoms with Crippen molar-refractivity contribution in [2.45, 2.75) is 6.04 Å². The van der Waals surface area contributed by atoms with Crippen molar-refractivity contribution in [2.24, 2.45) is 5.73 Å². The molecule has 0 aromatic heterocycles. The van der Waals surface area contributed by atoms with Crippen LogP contribution in [0.25, 0.3) is 0 Å². The Labute approximate surface area is 129 Å². The molecule has 1 atom stereocenters. The van der Waals surface area contributed by atoms with Gasteiger partial charge in [0, 0.05) is 4.47 Å². The first-order valence-electron chi connectivity index (χ1n) is 6.14. The van der Waals surface area contributed by atoms with Crippen LogP contribution in [0.1, 0.15) is 22.0 Å². The molecule has 0 saturated carbocycles. The lowest BCUT2D eigenvalue weighted by atomic mass is 10.1. The highest BCUT2D eigenvalue weighted by molar-refractivity contribution is 9.10. The second kappa shape index (κ2) is 6.51. The van der Waals surface area contributed by atoms with E-state index in [0.717, 1.165) is 0 Å². The molecule has 0 spiro atoms. The molecule has 4 N–H and O–H groups in total. The van der Waals surface area contributed by atoms with Gasteiger partial charge in [0.2, 0.25) is 5.91 Å². The number of anilines is 1. The zero-order valence-electron chi connectivity index (χ0n) is 10.9. The fourth-order valence-electron chi connectivity index (χ4n) is 1.84. The highest BCUT2D eigenvalue weighted by atomic mass is 79.9. The lowest BCUT2D eigenvalue weighted by Gasteiger charge is -2.15. The first-order chi connectivity index (χ1) is 10.0. The maximum absolute atomic E-state index is 12.2. The second-order valence-corrected chi connectivity index (χ2v) is 5.20. The van der Waals surface area contributed by atoms with E-state index in [1.807, 2.05) is 6.07 Å². The van der Waals surface area contributed by atoms with Crippen LogP contribution in [0.15, 0.2) is 53.0 Å². The topological polar surface area (TPSA) is 92.4 Å². The maximum Gasteiger partial charge on any atom is 0.337 e. The number of hydrogen-bond acceptors (Lipinski definition) is 3. The summed E-state index contributed by atoms with van der Waals surface area (Å²) in [6, 6.07) is 12.6. The number of benzene rings is 2. The standard InChI is InChI=1S/C15H13BrN2O3/c16-11-8-4-7-10(15(20)21)13(11)18-14(19)12(17)9-5-2-1-3-6-9/h1-8,12H,17H2,(H,18,19)(H,20,21). The van der Waals surface area contributed by atoms with E-state index in [4.69, 9.17) is 10.8 Å². The van der Waals surface area contributed by atoms with Gasteiger partial charge in [-0.3, -0.25) is 4.79 Å². The molecule has 0 aliphatic heterocycles. The van der Waals surface area contributed by atoms with Crippen LogP contribution < -0.4 is 11.1 Å². The molecule has 21 heavy (non-hydrogen) atoms. The minimum Gasteiger partial charge on any atom is -0.478 e. The molecular formula is C15H13BrN2O3. The van der Waals surface area contributed by atoms with Gasteiger partial charge < -0.3 is 16.2 Å². The van der Waals surface area contributed by atoms with Gasteiger partial charge in [-0.2, -0.15) is 0 Å². The van der Waals surface area contributed by atoms with Gasteiger partial charge in [0.1, 0.15) is 6.04 Å². The molecule has 0 fully saturated rings. The van der Waals surface area contributed by atoms with E-state index in [2.05, 4.69) is 21.2 Å². The van der Waals surface area contributed by atoms with Crippen LogP contribution in [0.4, 0.5) is 5.69 Å². The van der Waals surface area contributed by atoms with Gasteiger partial charge in [-0.25, -0.2) is 4.79 Å². The molecule has 2 aromatic rings. The third-order valence-corrected chi connectivity index (χ3v) is 3.59. The molecule has 0 aliphatic carbocycles. The lowest BCUT2D eigenvalue weighted by molar-refractivity contribution is -0.117. The number of rotatable bonds is 4.